The molecule has 1 aliphatic rings. The summed E-state index contributed by atoms with van der Waals surface area (Å²) < 4.78 is 1.92. The number of para-hydroxylation sites is 1. The molecular formula is C23H30N6. The minimum atomic E-state index is 0.208. The molecule has 152 valence electrons. The maximum Gasteiger partial charge on any atom is 0.128 e. The molecule has 3 heterocycles. The van der Waals surface area contributed by atoms with E-state index in [0.29, 0.717) is 0 Å². The van der Waals surface area contributed by atoms with E-state index < -0.39 is 0 Å². The number of rotatable bonds is 7. The van der Waals surface area contributed by atoms with Crippen LogP contribution in [0.5, 0.6) is 0 Å². The maximum absolute atomic E-state index is 4.62. The van der Waals surface area contributed by atoms with Crippen LogP contribution in [0.2, 0.25) is 0 Å². The zero-order valence-electron chi connectivity index (χ0n) is 17.3. The van der Waals surface area contributed by atoms with Gasteiger partial charge in [-0.15, -0.1) is 0 Å². The number of hydrogen-bond acceptors (Lipinski definition) is 5. The molecule has 1 saturated heterocycles. The fourth-order valence-electron chi connectivity index (χ4n) is 3.89. The number of anilines is 1. The molecule has 0 amide bonds. The van der Waals surface area contributed by atoms with Gasteiger partial charge in [-0.3, -0.25) is 0 Å². The number of nitrogens with one attached hydrogen (secondary N) is 1. The highest BCUT2D eigenvalue weighted by Gasteiger charge is 2.17. The predicted molar refractivity (Wildman–Crippen MR) is 117 cm³/mol. The summed E-state index contributed by atoms with van der Waals surface area (Å²) in [6.45, 7) is 10.7. The van der Waals surface area contributed by atoms with E-state index in [9.17, 15) is 0 Å². The predicted octanol–water partition coefficient (Wildman–Crippen LogP) is 3.26. The van der Waals surface area contributed by atoms with Crippen LogP contribution in [0.4, 0.5) is 5.82 Å². The maximum atomic E-state index is 4.62. The average molecular weight is 391 g/mol. The molecule has 6 heteroatoms. The van der Waals surface area contributed by atoms with E-state index in [1.165, 1.54) is 11.1 Å². The van der Waals surface area contributed by atoms with Crippen molar-refractivity contribution in [3.05, 3.63) is 72.2 Å². The fourth-order valence-corrected chi connectivity index (χ4v) is 3.89. The number of benzene rings is 1. The molecule has 0 aliphatic carbocycles. The largest absolute Gasteiger partial charge is 0.354 e. The molecule has 1 aromatic carbocycles. The summed E-state index contributed by atoms with van der Waals surface area (Å²) >= 11 is 0. The second kappa shape index (κ2) is 9.20. The summed E-state index contributed by atoms with van der Waals surface area (Å²) in [5.74, 6) is 1.09. The summed E-state index contributed by atoms with van der Waals surface area (Å²) in [5.41, 5.74) is 3.61. The number of likely N-dealkylation sites (N-methyl/N-ethyl adjacent to an activating group) is 1. The lowest BCUT2D eigenvalue weighted by molar-refractivity contribution is 0.270. The van der Waals surface area contributed by atoms with E-state index in [0.717, 1.165) is 50.8 Å². The third-order valence-electron chi connectivity index (χ3n) is 5.72. The van der Waals surface area contributed by atoms with Gasteiger partial charge in [-0.05, 0) is 48.9 Å². The van der Waals surface area contributed by atoms with Crippen molar-refractivity contribution in [3.63, 3.8) is 0 Å². The van der Waals surface area contributed by atoms with Crippen LogP contribution >= 0.6 is 0 Å². The SMILES string of the molecule is CCN1CCN(c2cc(CN[C@H](C)c3ccccc3-n3cccn3)ccn2)CC1. The Morgan fingerprint density at radius 1 is 1.03 bits per heavy atom. The van der Waals surface area contributed by atoms with E-state index in [1.54, 1.807) is 0 Å². The summed E-state index contributed by atoms with van der Waals surface area (Å²) in [5, 5.41) is 8.06. The Morgan fingerprint density at radius 3 is 2.62 bits per heavy atom. The minimum Gasteiger partial charge on any atom is -0.354 e. The summed E-state index contributed by atoms with van der Waals surface area (Å²) in [6.07, 6.45) is 5.73. The van der Waals surface area contributed by atoms with E-state index in [2.05, 4.69) is 75.4 Å². The number of hydrogen-bond donors (Lipinski definition) is 1. The van der Waals surface area contributed by atoms with Crippen LogP contribution in [-0.4, -0.2) is 52.4 Å². The second-order valence-corrected chi connectivity index (χ2v) is 7.56. The molecule has 0 spiro atoms. The number of aromatic nitrogens is 3. The quantitative estimate of drug-likeness (QED) is 0.671. The van der Waals surface area contributed by atoms with Crippen molar-refractivity contribution in [2.45, 2.75) is 26.4 Å². The molecule has 0 unspecified atom stereocenters. The molecule has 0 radical (unpaired) electrons. The van der Waals surface area contributed by atoms with Crippen molar-refractivity contribution in [1.29, 1.82) is 0 Å². The van der Waals surface area contributed by atoms with E-state index >= 15 is 0 Å². The molecule has 4 rings (SSSR count). The van der Waals surface area contributed by atoms with E-state index in [4.69, 9.17) is 0 Å². The van der Waals surface area contributed by atoms with Crippen molar-refractivity contribution in [3.8, 4) is 5.69 Å². The molecule has 3 aromatic rings. The normalized spacial score (nSPS) is 16.1. The Bertz CT molecular complexity index is 899. The first-order chi connectivity index (χ1) is 14.2. The van der Waals surface area contributed by atoms with Crippen LogP contribution in [0.25, 0.3) is 5.69 Å². The van der Waals surface area contributed by atoms with Gasteiger partial charge in [0.05, 0.1) is 5.69 Å². The molecule has 1 N–H and O–H groups in total. The highest BCUT2D eigenvalue weighted by molar-refractivity contribution is 5.43. The van der Waals surface area contributed by atoms with E-state index in [-0.39, 0.29) is 6.04 Å². The third-order valence-corrected chi connectivity index (χ3v) is 5.72. The van der Waals surface area contributed by atoms with Crippen LogP contribution in [0.3, 0.4) is 0 Å². The van der Waals surface area contributed by atoms with Crippen molar-refractivity contribution in [2.24, 2.45) is 0 Å². The van der Waals surface area contributed by atoms with Gasteiger partial charge in [0.2, 0.25) is 0 Å². The molecular weight excluding hydrogens is 360 g/mol. The molecule has 0 bridgehead atoms. The summed E-state index contributed by atoms with van der Waals surface area (Å²) in [6, 6.07) is 14.9. The van der Waals surface area contributed by atoms with Gasteiger partial charge >= 0.3 is 0 Å². The van der Waals surface area contributed by atoms with Crippen LogP contribution in [-0.2, 0) is 6.54 Å². The van der Waals surface area contributed by atoms with Crippen molar-refractivity contribution < 1.29 is 0 Å². The molecule has 2 aromatic heterocycles. The number of pyridine rings is 1. The molecule has 1 atom stereocenters. The molecule has 1 aliphatic heterocycles. The Morgan fingerprint density at radius 2 is 1.86 bits per heavy atom. The first-order valence-corrected chi connectivity index (χ1v) is 10.5. The van der Waals surface area contributed by atoms with Crippen molar-refractivity contribution in [1.82, 2.24) is 25.0 Å². The number of piperazine rings is 1. The average Bonchev–Trinajstić information content (AvgIpc) is 3.32. The first kappa shape index (κ1) is 19.6. The van der Waals surface area contributed by atoms with Gasteiger partial charge in [0, 0.05) is 57.4 Å². The Labute approximate surface area is 173 Å². The van der Waals surface area contributed by atoms with Crippen LogP contribution in [0.1, 0.15) is 31.0 Å². The standard InChI is InChI=1S/C23H30N6/c1-3-27-13-15-28(16-14-27)23-17-20(9-11-24-23)18-25-19(2)21-7-4-5-8-22(21)29-12-6-10-26-29/h4-12,17,19,25H,3,13-16,18H2,1-2H3/t19-/m1/s1. The lowest BCUT2D eigenvalue weighted by Gasteiger charge is -2.34. The van der Waals surface area contributed by atoms with Gasteiger partial charge in [-0.2, -0.15) is 5.10 Å². The summed E-state index contributed by atoms with van der Waals surface area (Å²) in [4.78, 5) is 9.50. The zero-order chi connectivity index (χ0) is 20.1. The number of nitrogens with zero attached hydrogens (tertiary/aromatic N) is 5. The van der Waals surface area contributed by atoms with E-state index in [1.807, 2.05) is 29.3 Å². The monoisotopic (exact) mass is 390 g/mol. The zero-order valence-corrected chi connectivity index (χ0v) is 17.3. The van der Waals surface area contributed by atoms with Gasteiger partial charge in [-0.1, -0.05) is 25.1 Å². The third kappa shape index (κ3) is 4.66. The Balaban J connectivity index is 1.41. The molecule has 6 nitrogen and oxygen atoms in total. The van der Waals surface area contributed by atoms with Crippen molar-refractivity contribution in [2.75, 3.05) is 37.6 Å². The fraction of sp³-hybridized carbons (Fsp3) is 0.391. The highest BCUT2D eigenvalue weighted by atomic mass is 15.3. The molecule has 1 fully saturated rings. The van der Waals surface area contributed by atoms with Crippen molar-refractivity contribution >= 4 is 5.82 Å². The Hall–Kier alpha value is -2.70. The Kier molecular flexibility index (Phi) is 6.22. The molecule has 0 saturated carbocycles. The van der Waals surface area contributed by atoms with Gasteiger partial charge in [0.25, 0.3) is 0 Å². The topological polar surface area (TPSA) is 49.2 Å². The highest BCUT2D eigenvalue weighted by Crippen LogP contribution is 2.22. The van der Waals surface area contributed by atoms with Crippen LogP contribution in [0.15, 0.2) is 61.1 Å². The smallest absolute Gasteiger partial charge is 0.128 e. The van der Waals surface area contributed by atoms with Crippen LogP contribution < -0.4 is 10.2 Å². The minimum absolute atomic E-state index is 0.208. The van der Waals surface area contributed by atoms with Gasteiger partial charge in [0.15, 0.2) is 0 Å². The van der Waals surface area contributed by atoms with Gasteiger partial charge in [-0.25, -0.2) is 9.67 Å². The lowest BCUT2D eigenvalue weighted by Crippen LogP contribution is -2.46. The first-order valence-electron chi connectivity index (χ1n) is 10.5. The van der Waals surface area contributed by atoms with Gasteiger partial charge in [0.1, 0.15) is 5.82 Å². The summed E-state index contributed by atoms with van der Waals surface area (Å²) in [7, 11) is 0. The lowest BCUT2D eigenvalue weighted by atomic mass is 10.1. The molecule has 29 heavy (non-hydrogen) atoms. The van der Waals surface area contributed by atoms with Crippen LogP contribution in [0, 0.1) is 0 Å². The second-order valence-electron chi connectivity index (χ2n) is 7.56. The van der Waals surface area contributed by atoms with Gasteiger partial charge < -0.3 is 15.1 Å².